The van der Waals surface area contributed by atoms with Crippen molar-refractivity contribution in [1.29, 1.82) is 5.26 Å². The second kappa shape index (κ2) is 5.95. The molecule has 0 radical (unpaired) electrons. The van der Waals surface area contributed by atoms with Crippen LogP contribution in [-0.4, -0.2) is 43.0 Å². The summed E-state index contributed by atoms with van der Waals surface area (Å²) < 4.78 is 16.8. The largest absolute Gasteiger partial charge is 0.390 e. The molecule has 0 amide bonds. The number of benzene rings is 1. The third kappa shape index (κ3) is 2.41. The fourth-order valence-electron chi connectivity index (χ4n) is 6.77. The second-order valence-corrected chi connectivity index (χ2v) is 11.6. The minimum atomic E-state index is -0.736. The molecule has 8 rings (SSSR count). The molecular weight excluding hydrogens is 431 g/mol. The van der Waals surface area contributed by atoms with Gasteiger partial charge in [0.25, 0.3) is 0 Å². The Bertz CT molecular complexity index is 1420. The predicted molar refractivity (Wildman–Crippen MR) is 124 cm³/mol. The van der Waals surface area contributed by atoms with E-state index in [2.05, 4.69) is 21.1 Å². The van der Waals surface area contributed by atoms with Gasteiger partial charge < -0.3 is 10.0 Å². The number of aryl methyl sites for hydroxylation is 1. The van der Waals surface area contributed by atoms with E-state index in [9.17, 15) is 10.4 Å². The van der Waals surface area contributed by atoms with Gasteiger partial charge in [-0.3, -0.25) is 0 Å². The van der Waals surface area contributed by atoms with Crippen molar-refractivity contribution >= 4 is 16.7 Å². The fourth-order valence-corrected chi connectivity index (χ4v) is 6.77. The van der Waals surface area contributed by atoms with Crippen LogP contribution in [0.2, 0.25) is 0 Å². The Hall–Kier alpha value is -3.05. The van der Waals surface area contributed by atoms with Crippen LogP contribution in [0, 0.1) is 34.9 Å². The van der Waals surface area contributed by atoms with Crippen LogP contribution in [0.5, 0.6) is 0 Å². The molecule has 5 aliphatic rings. The standard InChI is InChI=1S/C26H27FN6O/c1-15-30-21(32-14-25(23(2,3)34)9-17(32)10-25)8-22(31-15)33-20-7-18(19(27)6-16(20)11-29-33)26(13-28)12-24(26)4-5-24/h6-8,11,17,34H,4-5,9-10,12,14H2,1-3H3/t17?,25?,26-/m0/s1. The summed E-state index contributed by atoms with van der Waals surface area (Å²) in [7, 11) is 0. The molecule has 34 heavy (non-hydrogen) atoms. The number of aliphatic hydroxyl groups is 1. The lowest BCUT2D eigenvalue weighted by Gasteiger charge is -2.45. The summed E-state index contributed by atoms with van der Waals surface area (Å²) in [6, 6.07) is 8.04. The van der Waals surface area contributed by atoms with Crippen molar-refractivity contribution in [3.8, 4) is 11.9 Å². The highest BCUT2D eigenvalue weighted by Crippen LogP contribution is 2.78. The molecule has 4 heterocycles. The molecule has 2 saturated heterocycles. The maximum absolute atomic E-state index is 15.1. The maximum Gasteiger partial charge on any atom is 0.159 e. The Kier molecular flexibility index (Phi) is 3.56. The normalized spacial score (nSPS) is 30.5. The van der Waals surface area contributed by atoms with Crippen molar-refractivity contribution in [3.63, 3.8) is 0 Å². The summed E-state index contributed by atoms with van der Waals surface area (Å²) in [6.45, 7) is 6.42. The number of hydrogen-bond donors (Lipinski definition) is 1. The van der Waals surface area contributed by atoms with Crippen LogP contribution < -0.4 is 4.90 Å². The Morgan fingerprint density at radius 2 is 1.91 bits per heavy atom. The highest BCUT2D eigenvalue weighted by molar-refractivity contribution is 5.82. The van der Waals surface area contributed by atoms with Crippen molar-refractivity contribution in [3.05, 3.63) is 41.6 Å². The minimum absolute atomic E-state index is 0.0210. The van der Waals surface area contributed by atoms with Crippen LogP contribution in [0.4, 0.5) is 10.2 Å². The average molecular weight is 459 g/mol. The molecule has 0 unspecified atom stereocenters. The van der Waals surface area contributed by atoms with Gasteiger partial charge in [0.05, 0.1) is 28.8 Å². The first-order valence-corrected chi connectivity index (χ1v) is 12.0. The Balaban J connectivity index is 1.30. The van der Waals surface area contributed by atoms with Crippen molar-refractivity contribution in [1.82, 2.24) is 19.7 Å². The Morgan fingerprint density at radius 3 is 2.53 bits per heavy atom. The molecule has 3 saturated carbocycles. The van der Waals surface area contributed by atoms with Crippen molar-refractivity contribution in [2.45, 2.75) is 69.9 Å². The molecule has 174 valence electrons. The molecule has 2 aliphatic heterocycles. The van der Waals surface area contributed by atoms with Crippen LogP contribution in [0.25, 0.3) is 16.7 Å². The van der Waals surface area contributed by atoms with Crippen LogP contribution in [0.1, 0.15) is 57.3 Å². The smallest absolute Gasteiger partial charge is 0.159 e. The number of aromatic nitrogens is 4. The number of hydrogen-bond acceptors (Lipinski definition) is 6. The van der Waals surface area contributed by atoms with E-state index in [4.69, 9.17) is 4.98 Å². The number of anilines is 1. The lowest BCUT2D eigenvalue weighted by atomic mass is 9.61. The number of fused-ring (bicyclic) bond motifs is 2. The Labute approximate surface area is 197 Å². The molecule has 1 aromatic carbocycles. The van der Waals surface area contributed by atoms with E-state index >= 15 is 4.39 Å². The highest BCUT2D eigenvalue weighted by Gasteiger charge is 2.76. The highest BCUT2D eigenvalue weighted by atomic mass is 19.1. The topological polar surface area (TPSA) is 90.9 Å². The monoisotopic (exact) mass is 458 g/mol. The molecule has 2 aromatic heterocycles. The summed E-state index contributed by atoms with van der Waals surface area (Å²) >= 11 is 0. The van der Waals surface area contributed by atoms with Crippen LogP contribution in [0.3, 0.4) is 0 Å². The lowest BCUT2D eigenvalue weighted by molar-refractivity contribution is -0.0754. The van der Waals surface area contributed by atoms with Crippen molar-refractivity contribution < 1.29 is 9.50 Å². The molecule has 2 bridgehead atoms. The zero-order valence-electron chi connectivity index (χ0n) is 19.6. The van der Waals surface area contributed by atoms with E-state index in [1.807, 2.05) is 26.8 Å². The molecular formula is C26H27FN6O. The number of nitrogens with zero attached hydrogens (tertiary/aromatic N) is 6. The molecule has 8 heteroatoms. The Morgan fingerprint density at radius 1 is 1.18 bits per heavy atom. The van der Waals surface area contributed by atoms with Gasteiger partial charge in [0.1, 0.15) is 17.5 Å². The maximum atomic E-state index is 15.1. The summed E-state index contributed by atoms with van der Waals surface area (Å²) in [6.07, 6.45) is 6.29. The first-order valence-electron chi connectivity index (χ1n) is 12.0. The summed E-state index contributed by atoms with van der Waals surface area (Å²) in [5.41, 5.74) is -0.338. The van der Waals surface area contributed by atoms with Gasteiger partial charge in [0.2, 0.25) is 0 Å². The first-order chi connectivity index (χ1) is 16.1. The van der Waals surface area contributed by atoms with Crippen molar-refractivity contribution in [2.75, 3.05) is 11.4 Å². The zero-order valence-corrected chi connectivity index (χ0v) is 19.6. The van der Waals surface area contributed by atoms with Gasteiger partial charge in [0, 0.05) is 35.0 Å². The van der Waals surface area contributed by atoms with Gasteiger partial charge >= 0.3 is 0 Å². The van der Waals surface area contributed by atoms with Crippen LogP contribution in [0.15, 0.2) is 24.4 Å². The summed E-state index contributed by atoms with van der Waals surface area (Å²) in [5, 5.41) is 25.9. The van der Waals surface area contributed by atoms with E-state index in [1.165, 1.54) is 6.07 Å². The SMILES string of the molecule is Cc1nc(N2CC3(C(C)(C)O)CC2C3)cc(-n2ncc3cc(F)c([C@@]4(C#N)CC45CC5)cc32)n1. The molecule has 1 N–H and O–H groups in total. The number of rotatable bonds is 4. The average Bonchev–Trinajstić information content (AvgIpc) is 3.44. The lowest BCUT2D eigenvalue weighted by Crippen LogP contribution is -2.50. The van der Waals surface area contributed by atoms with E-state index in [0.29, 0.717) is 28.6 Å². The van der Waals surface area contributed by atoms with E-state index < -0.39 is 11.0 Å². The fraction of sp³-hybridized carbons (Fsp3) is 0.538. The third-order valence-electron chi connectivity index (χ3n) is 9.33. The second-order valence-electron chi connectivity index (χ2n) is 11.6. The molecule has 1 spiro atoms. The quantitative estimate of drug-likeness (QED) is 0.637. The van der Waals surface area contributed by atoms with Gasteiger partial charge in [-0.2, -0.15) is 10.4 Å². The molecule has 7 nitrogen and oxygen atoms in total. The van der Waals surface area contributed by atoms with Crippen LogP contribution in [-0.2, 0) is 5.41 Å². The van der Waals surface area contributed by atoms with Gasteiger partial charge in [0.15, 0.2) is 5.82 Å². The van der Waals surface area contributed by atoms with Gasteiger partial charge in [-0.15, -0.1) is 0 Å². The van der Waals surface area contributed by atoms with Gasteiger partial charge in [-0.25, -0.2) is 19.0 Å². The first kappa shape index (κ1) is 20.3. The van der Waals surface area contributed by atoms with E-state index in [0.717, 1.165) is 50.0 Å². The van der Waals surface area contributed by atoms with E-state index in [1.54, 1.807) is 16.9 Å². The van der Waals surface area contributed by atoms with Crippen LogP contribution >= 0.6 is 0 Å². The molecule has 3 aromatic rings. The number of nitriles is 1. The summed E-state index contributed by atoms with van der Waals surface area (Å²) in [5.74, 6) is 1.76. The third-order valence-corrected chi connectivity index (χ3v) is 9.33. The van der Waals surface area contributed by atoms with E-state index in [-0.39, 0.29) is 16.6 Å². The molecule has 1 atom stereocenters. The number of halogens is 1. The van der Waals surface area contributed by atoms with Gasteiger partial charge in [-0.05, 0) is 70.4 Å². The molecule has 3 aliphatic carbocycles. The van der Waals surface area contributed by atoms with Gasteiger partial charge in [-0.1, -0.05) is 0 Å². The zero-order chi connectivity index (χ0) is 23.7. The van der Waals surface area contributed by atoms with Crippen molar-refractivity contribution in [2.24, 2.45) is 10.8 Å². The summed E-state index contributed by atoms with van der Waals surface area (Å²) in [4.78, 5) is 11.6. The minimum Gasteiger partial charge on any atom is -0.390 e. The molecule has 5 fully saturated rings. The predicted octanol–water partition coefficient (Wildman–Crippen LogP) is 3.95.